The molecule has 3 amide bonds. The number of hydrogen-bond acceptors (Lipinski definition) is 7. The molecule has 3 aromatic rings. The molecule has 0 radical (unpaired) electrons. The smallest absolute Gasteiger partial charge is 0.329 e. The van der Waals surface area contributed by atoms with Gasteiger partial charge in [-0.15, -0.1) is 0 Å². The van der Waals surface area contributed by atoms with Crippen molar-refractivity contribution in [3.8, 4) is 11.5 Å². The molecule has 11 heteroatoms. The Bertz CT molecular complexity index is 1770. The van der Waals surface area contributed by atoms with E-state index in [-0.39, 0.29) is 35.8 Å². The number of rotatable bonds is 9. The number of hydrogen-bond donors (Lipinski definition) is 1. The molecule has 6 rings (SSSR count). The first-order chi connectivity index (χ1) is 22.0. The average Bonchev–Trinajstić information content (AvgIpc) is 3.27. The molecular weight excluding hydrogens is 586 g/mol. The predicted octanol–water partition coefficient (Wildman–Crippen LogP) is 3.48. The monoisotopic (exact) mass is 629 g/mol. The molecule has 2 saturated heterocycles. The number of nitrogens with one attached hydrogen (secondary N) is 1. The number of piperidine rings is 1. The van der Waals surface area contributed by atoms with Gasteiger partial charge in [0.1, 0.15) is 17.5 Å². The molecule has 1 aromatic heterocycles. The van der Waals surface area contributed by atoms with Gasteiger partial charge in [0.2, 0.25) is 17.7 Å². The summed E-state index contributed by atoms with van der Waals surface area (Å²) in [6.07, 6.45) is 4.37. The van der Waals surface area contributed by atoms with Crippen LogP contribution in [0.1, 0.15) is 55.8 Å². The Hall–Kier alpha value is -4.38. The molecule has 0 saturated carbocycles. The fourth-order valence-corrected chi connectivity index (χ4v) is 7.22. The van der Waals surface area contributed by atoms with Crippen molar-refractivity contribution in [2.24, 2.45) is 24.8 Å². The van der Waals surface area contributed by atoms with Gasteiger partial charge in [-0.1, -0.05) is 19.9 Å². The van der Waals surface area contributed by atoms with E-state index in [0.717, 1.165) is 65.2 Å². The second-order valence-corrected chi connectivity index (χ2v) is 13.1. The number of ether oxygens (including phenoxy) is 2. The van der Waals surface area contributed by atoms with Crippen molar-refractivity contribution in [3.63, 3.8) is 0 Å². The molecule has 2 aromatic carbocycles. The number of nitrogens with zero attached hydrogens (tertiary/aromatic N) is 4. The maximum absolute atomic E-state index is 13.1. The number of likely N-dealkylation sites (tertiary alicyclic amines) is 1. The lowest BCUT2D eigenvalue weighted by Gasteiger charge is -2.40. The van der Waals surface area contributed by atoms with Crippen LogP contribution >= 0.6 is 0 Å². The van der Waals surface area contributed by atoms with E-state index in [1.54, 1.807) is 37.8 Å². The summed E-state index contributed by atoms with van der Waals surface area (Å²) < 4.78 is 14.8. The minimum atomic E-state index is -0.682. The second kappa shape index (κ2) is 12.4. The third-order valence-corrected chi connectivity index (χ3v) is 10.2. The van der Waals surface area contributed by atoms with Gasteiger partial charge in [0, 0.05) is 52.3 Å². The van der Waals surface area contributed by atoms with E-state index in [9.17, 15) is 19.2 Å². The molecule has 0 spiro atoms. The van der Waals surface area contributed by atoms with Gasteiger partial charge < -0.3 is 14.4 Å². The zero-order valence-electron chi connectivity index (χ0n) is 27.5. The lowest BCUT2D eigenvalue weighted by Crippen LogP contribution is -2.46. The first-order valence-electron chi connectivity index (χ1n) is 16.0. The molecule has 3 unspecified atom stereocenters. The molecule has 2 fully saturated rings. The van der Waals surface area contributed by atoms with E-state index >= 15 is 0 Å². The highest BCUT2D eigenvalue weighted by atomic mass is 16.5. The average molecular weight is 630 g/mol. The molecular formula is C35H43N5O6. The van der Waals surface area contributed by atoms with Crippen molar-refractivity contribution in [3.05, 3.63) is 63.7 Å². The standard InChI is InChI=1S/C35H43N5O6/c1-20-21(2)34(43)37(3)18-25(20)24-14-30(45-5)26(31(15-24)46-6)19-39-16-23(17-39)8-7-22-9-10-27-29(13-22)38(4)35(44)40(27)28-11-12-32(41)36-33(28)42/h9-10,13-15,18,20-21,23,28H,7-8,11-12,16-17,19H2,1-6H3,(H,36,41,42). The molecule has 0 bridgehead atoms. The van der Waals surface area contributed by atoms with Crippen LogP contribution in [0, 0.1) is 17.8 Å². The highest BCUT2D eigenvalue weighted by Gasteiger charge is 2.34. The predicted molar refractivity (Wildman–Crippen MR) is 174 cm³/mol. The largest absolute Gasteiger partial charge is 0.496 e. The summed E-state index contributed by atoms with van der Waals surface area (Å²) in [4.78, 5) is 53.8. The van der Waals surface area contributed by atoms with E-state index in [1.807, 2.05) is 31.3 Å². The van der Waals surface area contributed by atoms with Gasteiger partial charge in [-0.25, -0.2) is 4.79 Å². The molecule has 0 aliphatic carbocycles. The van der Waals surface area contributed by atoms with Gasteiger partial charge in [-0.2, -0.15) is 0 Å². The van der Waals surface area contributed by atoms with E-state index in [0.29, 0.717) is 24.4 Å². The Kier molecular flexibility index (Phi) is 8.54. The number of fused-ring (bicyclic) bond motifs is 1. The number of amides is 3. The molecule has 46 heavy (non-hydrogen) atoms. The Morgan fingerprint density at radius 1 is 0.913 bits per heavy atom. The van der Waals surface area contributed by atoms with Crippen LogP contribution in [-0.4, -0.2) is 71.0 Å². The zero-order chi connectivity index (χ0) is 32.9. The summed E-state index contributed by atoms with van der Waals surface area (Å²) in [5, 5.41) is 2.36. The van der Waals surface area contributed by atoms with Gasteiger partial charge in [0.25, 0.3) is 0 Å². The van der Waals surface area contributed by atoms with Crippen LogP contribution in [0.2, 0.25) is 0 Å². The Morgan fingerprint density at radius 2 is 1.61 bits per heavy atom. The maximum atomic E-state index is 13.1. The molecule has 3 aliphatic heterocycles. The molecule has 11 nitrogen and oxygen atoms in total. The van der Waals surface area contributed by atoms with Gasteiger partial charge in [-0.3, -0.25) is 33.7 Å². The lowest BCUT2D eigenvalue weighted by molar-refractivity contribution is -0.136. The summed E-state index contributed by atoms with van der Waals surface area (Å²) in [5.41, 5.74) is 5.49. The van der Waals surface area contributed by atoms with Crippen molar-refractivity contribution in [1.29, 1.82) is 0 Å². The zero-order valence-corrected chi connectivity index (χ0v) is 27.5. The summed E-state index contributed by atoms with van der Waals surface area (Å²) >= 11 is 0. The Morgan fingerprint density at radius 3 is 2.26 bits per heavy atom. The highest BCUT2D eigenvalue weighted by Crippen LogP contribution is 2.40. The van der Waals surface area contributed by atoms with Crippen molar-refractivity contribution in [2.75, 3.05) is 34.4 Å². The third-order valence-electron chi connectivity index (χ3n) is 10.2. The molecule has 4 heterocycles. The van der Waals surface area contributed by atoms with E-state index in [4.69, 9.17) is 9.47 Å². The summed E-state index contributed by atoms with van der Waals surface area (Å²) in [5.74, 6) is 1.48. The fourth-order valence-electron chi connectivity index (χ4n) is 7.22. The summed E-state index contributed by atoms with van der Waals surface area (Å²) in [6, 6.07) is 9.44. The topological polar surface area (TPSA) is 115 Å². The van der Waals surface area contributed by atoms with Crippen LogP contribution in [0.3, 0.4) is 0 Å². The molecule has 244 valence electrons. The van der Waals surface area contributed by atoms with Crippen LogP contribution < -0.4 is 20.5 Å². The Balaban J connectivity index is 1.10. The van der Waals surface area contributed by atoms with Crippen molar-refractivity contribution < 1.29 is 23.9 Å². The van der Waals surface area contributed by atoms with Crippen molar-refractivity contribution in [2.45, 2.75) is 52.1 Å². The number of carbonyl (C=O) groups is 3. The van der Waals surface area contributed by atoms with Crippen LogP contribution in [0.4, 0.5) is 0 Å². The number of aromatic nitrogens is 2. The fraction of sp³-hybridized carbons (Fsp3) is 0.486. The minimum absolute atomic E-state index is 0.0796. The minimum Gasteiger partial charge on any atom is -0.496 e. The third kappa shape index (κ3) is 5.61. The van der Waals surface area contributed by atoms with Crippen LogP contribution in [0.15, 0.2) is 41.3 Å². The van der Waals surface area contributed by atoms with E-state index < -0.39 is 11.9 Å². The van der Waals surface area contributed by atoms with E-state index in [2.05, 4.69) is 29.3 Å². The van der Waals surface area contributed by atoms with Crippen molar-refractivity contribution in [1.82, 2.24) is 24.3 Å². The maximum Gasteiger partial charge on any atom is 0.329 e. The first kappa shape index (κ1) is 31.6. The SMILES string of the molecule is COc1cc(C2=CN(C)C(=O)C(C)C2C)cc(OC)c1CN1CC(CCc2ccc3c(c2)n(C)c(=O)n3C2CCC(=O)NC2=O)C1. The highest BCUT2D eigenvalue weighted by molar-refractivity contribution is 6.00. The second-order valence-electron chi connectivity index (χ2n) is 13.1. The number of imide groups is 1. The lowest BCUT2D eigenvalue weighted by atomic mass is 9.81. The van der Waals surface area contributed by atoms with Crippen LogP contribution in [0.5, 0.6) is 11.5 Å². The first-order valence-corrected chi connectivity index (χ1v) is 16.0. The molecule has 1 N–H and O–H groups in total. The number of allylic oxidation sites excluding steroid dienone is 1. The van der Waals surface area contributed by atoms with Gasteiger partial charge in [-0.05, 0) is 72.1 Å². The quantitative estimate of drug-likeness (QED) is 0.361. The number of methoxy groups -OCH3 is 2. The Labute approximate surface area is 268 Å². The van der Waals surface area contributed by atoms with Crippen LogP contribution in [0.25, 0.3) is 16.6 Å². The number of aryl methyl sites for hydroxylation is 2. The number of benzene rings is 2. The molecule has 3 aliphatic rings. The van der Waals surface area contributed by atoms with Crippen LogP contribution in [-0.2, 0) is 34.4 Å². The van der Waals surface area contributed by atoms with Gasteiger partial charge >= 0.3 is 5.69 Å². The van der Waals surface area contributed by atoms with Crippen molar-refractivity contribution >= 4 is 34.3 Å². The van der Waals surface area contributed by atoms with Gasteiger partial charge in [0.15, 0.2) is 0 Å². The summed E-state index contributed by atoms with van der Waals surface area (Å²) in [7, 11) is 6.89. The van der Waals surface area contributed by atoms with Gasteiger partial charge in [0.05, 0.1) is 30.8 Å². The van der Waals surface area contributed by atoms with E-state index in [1.165, 1.54) is 4.57 Å². The molecule has 3 atom stereocenters. The number of imidazole rings is 1. The number of carbonyl (C=O) groups excluding carboxylic acids is 3. The summed E-state index contributed by atoms with van der Waals surface area (Å²) in [6.45, 7) is 6.71. The normalized spacial score (nSPS) is 22.6.